The van der Waals surface area contributed by atoms with Gasteiger partial charge in [-0.2, -0.15) is 0 Å². The fraction of sp³-hybridized carbons (Fsp3) is 0.588. The van der Waals surface area contributed by atoms with Crippen LogP contribution in [-0.2, 0) is 14.8 Å². The van der Waals surface area contributed by atoms with Gasteiger partial charge in [-0.1, -0.05) is 11.6 Å². The minimum Gasteiger partial charge on any atom is -0.370 e. The number of hydrogen-bond acceptors (Lipinski definition) is 4. The van der Waals surface area contributed by atoms with Gasteiger partial charge in [-0.25, -0.2) is 12.7 Å². The van der Waals surface area contributed by atoms with Crippen LogP contribution in [0.15, 0.2) is 18.2 Å². The summed E-state index contributed by atoms with van der Waals surface area (Å²) < 4.78 is 24.9. The summed E-state index contributed by atoms with van der Waals surface area (Å²) in [6.45, 7) is 2.66. The van der Waals surface area contributed by atoms with Gasteiger partial charge in [-0.15, -0.1) is 0 Å². The second-order valence-electron chi connectivity index (χ2n) is 6.81. The van der Waals surface area contributed by atoms with Crippen molar-refractivity contribution >= 4 is 38.9 Å². The van der Waals surface area contributed by atoms with E-state index in [-0.39, 0.29) is 18.4 Å². The van der Waals surface area contributed by atoms with E-state index in [2.05, 4.69) is 10.2 Å². The summed E-state index contributed by atoms with van der Waals surface area (Å²) in [4.78, 5) is 15.0. The lowest BCUT2D eigenvalue weighted by atomic mass is 9.98. The summed E-state index contributed by atoms with van der Waals surface area (Å²) in [5, 5.41) is 3.55. The number of amides is 1. The third kappa shape index (κ3) is 4.46. The van der Waals surface area contributed by atoms with Crippen molar-refractivity contribution in [3.05, 3.63) is 23.2 Å². The fourth-order valence-corrected chi connectivity index (χ4v) is 4.62. The maximum absolute atomic E-state index is 12.7. The Balaban J connectivity index is 1.75. The number of nitrogens with one attached hydrogen (secondary N) is 1. The molecule has 1 aromatic carbocycles. The van der Waals surface area contributed by atoms with E-state index in [0.717, 1.165) is 31.6 Å². The highest BCUT2D eigenvalue weighted by atomic mass is 35.5. The number of rotatable bonds is 4. The zero-order valence-corrected chi connectivity index (χ0v) is 15.9. The van der Waals surface area contributed by atoms with Gasteiger partial charge < -0.3 is 10.2 Å². The Labute approximate surface area is 154 Å². The highest BCUT2D eigenvalue weighted by Gasteiger charge is 2.30. The van der Waals surface area contributed by atoms with Gasteiger partial charge in [0, 0.05) is 31.2 Å². The molecule has 2 saturated heterocycles. The van der Waals surface area contributed by atoms with Gasteiger partial charge in [0.25, 0.3) is 0 Å². The monoisotopic (exact) mass is 385 g/mol. The Kier molecular flexibility index (Phi) is 5.55. The van der Waals surface area contributed by atoms with Crippen molar-refractivity contribution in [2.45, 2.75) is 25.7 Å². The Hall–Kier alpha value is -1.31. The topological polar surface area (TPSA) is 69.7 Å². The zero-order chi connectivity index (χ0) is 18.0. The number of hydrogen-bond donors (Lipinski definition) is 1. The van der Waals surface area contributed by atoms with Crippen LogP contribution in [0, 0.1) is 5.92 Å². The van der Waals surface area contributed by atoms with Crippen LogP contribution in [0.5, 0.6) is 0 Å². The van der Waals surface area contributed by atoms with Crippen LogP contribution in [0.1, 0.15) is 25.7 Å². The molecular formula is C17H24ClN3O3S. The van der Waals surface area contributed by atoms with E-state index in [0.29, 0.717) is 30.1 Å². The average Bonchev–Trinajstić information content (AvgIpc) is 3.08. The van der Waals surface area contributed by atoms with Crippen molar-refractivity contribution in [1.82, 2.24) is 4.31 Å². The summed E-state index contributed by atoms with van der Waals surface area (Å²) in [5.74, 6) is -0.482. The molecule has 1 atom stereocenters. The van der Waals surface area contributed by atoms with Gasteiger partial charge in [-0.05, 0) is 43.9 Å². The third-order valence-corrected chi connectivity index (χ3v) is 6.39. The molecule has 6 nitrogen and oxygen atoms in total. The molecule has 2 aliphatic heterocycles. The lowest BCUT2D eigenvalue weighted by Crippen LogP contribution is -2.43. The lowest BCUT2D eigenvalue weighted by Gasteiger charge is -2.30. The molecular weight excluding hydrogens is 362 g/mol. The minimum atomic E-state index is -3.27. The van der Waals surface area contributed by atoms with E-state index in [1.54, 1.807) is 6.07 Å². The molecule has 0 saturated carbocycles. The van der Waals surface area contributed by atoms with Crippen LogP contribution >= 0.6 is 11.6 Å². The molecule has 1 aromatic rings. The third-order valence-electron chi connectivity index (χ3n) is 4.89. The lowest BCUT2D eigenvalue weighted by molar-refractivity contribution is -0.120. The van der Waals surface area contributed by atoms with Crippen LogP contribution in [-0.4, -0.2) is 51.1 Å². The molecule has 3 rings (SSSR count). The first-order valence-corrected chi connectivity index (χ1v) is 10.9. The molecule has 0 spiro atoms. The van der Waals surface area contributed by atoms with Crippen molar-refractivity contribution < 1.29 is 13.2 Å². The number of nitrogens with zero attached hydrogens (tertiary/aromatic N) is 2. The van der Waals surface area contributed by atoms with Crippen molar-refractivity contribution in [3.8, 4) is 0 Å². The largest absolute Gasteiger partial charge is 0.370 e. The quantitative estimate of drug-likeness (QED) is 0.864. The first-order chi connectivity index (χ1) is 11.8. The van der Waals surface area contributed by atoms with Crippen molar-refractivity contribution in [1.29, 1.82) is 0 Å². The number of sulfonamides is 1. The van der Waals surface area contributed by atoms with Crippen molar-refractivity contribution in [3.63, 3.8) is 0 Å². The Morgan fingerprint density at radius 2 is 1.92 bits per heavy atom. The molecule has 1 N–H and O–H groups in total. The van der Waals surface area contributed by atoms with Crippen molar-refractivity contribution in [2.75, 3.05) is 42.7 Å². The summed E-state index contributed by atoms with van der Waals surface area (Å²) >= 11 is 6.12. The summed E-state index contributed by atoms with van der Waals surface area (Å²) in [6, 6.07) is 5.54. The number of carbonyl (C=O) groups excluding carboxylic acids is 1. The van der Waals surface area contributed by atoms with Crippen LogP contribution in [0.25, 0.3) is 0 Å². The smallest absolute Gasteiger partial charge is 0.228 e. The molecule has 1 amide bonds. The summed E-state index contributed by atoms with van der Waals surface area (Å²) in [5.41, 5.74) is 1.68. The van der Waals surface area contributed by atoms with Crippen molar-refractivity contribution in [2.24, 2.45) is 5.92 Å². The molecule has 0 bridgehead atoms. The highest BCUT2D eigenvalue weighted by Crippen LogP contribution is 2.32. The molecule has 0 aliphatic carbocycles. The molecule has 2 heterocycles. The van der Waals surface area contributed by atoms with Gasteiger partial charge in [0.15, 0.2) is 0 Å². The number of carbonyl (C=O) groups is 1. The normalized spacial score (nSPS) is 22.2. The molecule has 2 aliphatic rings. The number of anilines is 2. The van der Waals surface area contributed by atoms with E-state index in [1.807, 2.05) is 12.1 Å². The first kappa shape index (κ1) is 18.5. The van der Waals surface area contributed by atoms with E-state index >= 15 is 0 Å². The Morgan fingerprint density at radius 1 is 1.20 bits per heavy atom. The summed E-state index contributed by atoms with van der Waals surface area (Å²) in [6.07, 6.45) is 4.86. The molecule has 2 fully saturated rings. The predicted molar refractivity (Wildman–Crippen MR) is 101 cm³/mol. The maximum Gasteiger partial charge on any atom is 0.228 e. The molecule has 0 aromatic heterocycles. The molecule has 25 heavy (non-hydrogen) atoms. The Bertz CT molecular complexity index is 748. The van der Waals surface area contributed by atoms with Gasteiger partial charge in [0.2, 0.25) is 15.9 Å². The van der Waals surface area contributed by atoms with Gasteiger partial charge in [-0.3, -0.25) is 4.79 Å². The van der Waals surface area contributed by atoms with Gasteiger partial charge in [0.1, 0.15) is 0 Å². The van der Waals surface area contributed by atoms with Crippen LogP contribution in [0.2, 0.25) is 5.02 Å². The van der Waals surface area contributed by atoms with Crippen LogP contribution < -0.4 is 10.2 Å². The number of piperidine rings is 1. The zero-order valence-electron chi connectivity index (χ0n) is 14.4. The molecule has 8 heteroatoms. The minimum absolute atomic E-state index is 0.143. The van der Waals surface area contributed by atoms with E-state index in [9.17, 15) is 13.2 Å². The maximum atomic E-state index is 12.7. The highest BCUT2D eigenvalue weighted by molar-refractivity contribution is 7.88. The Morgan fingerprint density at radius 3 is 2.60 bits per heavy atom. The molecule has 138 valence electrons. The second-order valence-corrected chi connectivity index (χ2v) is 9.22. The average molecular weight is 386 g/mol. The van der Waals surface area contributed by atoms with Crippen LogP contribution in [0.4, 0.5) is 11.4 Å². The van der Waals surface area contributed by atoms with Crippen LogP contribution in [0.3, 0.4) is 0 Å². The van der Waals surface area contributed by atoms with E-state index < -0.39 is 10.0 Å². The molecule has 0 radical (unpaired) electrons. The fourth-order valence-electron chi connectivity index (χ4n) is 3.53. The van der Waals surface area contributed by atoms with E-state index in [1.165, 1.54) is 10.6 Å². The molecule has 1 unspecified atom stereocenters. The summed E-state index contributed by atoms with van der Waals surface area (Å²) in [7, 11) is -3.27. The number of halogens is 1. The predicted octanol–water partition coefficient (Wildman–Crippen LogP) is 2.55. The van der Waals surface area contributed by atoms with Gasteiger partial charge >= 0.3 is 0 Å². The standard InChI is InChI=1S/C17H24ClN3O3S/c1-25(23,24)21-10-4-5-13(12-21)17(22)19-15-11-14(18)6-7-16(15)20-8-2-3-9-20/h6-7,11,13H,2-5,8-10,12H2,1H3,(H,19,22). The first-order valence-electron chi connectivity index (χ1n) is 8.65. The van der Waals surface area contributed by atoms with Gasteiger partial charge in [0.05, 0.1) is 23.5 Å². The number of benzene rings is 1. The van der Waals surface area contributed by atoms with E-state index in [4.69, 9.17) is 11.6 Å². The second kappa shape index (κ2) is 7.51. The SMILES string of the molecule is CS(=O)(=O)N1CCCC(C(=O)Nc2cc(Cl)ccc2N2CCCC2)C1.